The number of halogens is 1. The van der Waals surface area contributed by atoms with Gasteiger partial charge in [-0.25, -0.2) is 12.8 Å². The molecule has 0 aliphatic carbocycles. The molecule has 0 aromatic heterocycles. The first kappa shape index (κ1) is 14.0. The molecule has 0 aliphatic heterocycles. The standard InChI is InChI=1S/C12H18FNO2S/c1-2-3-8-17(15,16)9-7-14-12-6-4-5-11(13)10-12/h4-6,10,14H,2-3,7-9H2,1H3. The highest BCUT2D eigenvalue weighted by atomic mass is 32.2. The minimum absolute atomic E-state index is 0.0868. The molecule has 0 heterocycles. The lowest BCUT2D eigenvalue weighted by atomic mass is 10.3. The van der Waals surface area contributed by atoms with Gasteiger partial charge in [0.05, 0.1) is 11.5 Å². The Hall–Kier alpha value is -1.10. The average molecular weight is 259 g/mol. The fourth-order valence-corrected chi connectivity index (χ4v) is 2.76. The van der Waals surface area contributed by atoms with Gasteiger partial charge in [0.15, 0.2) is 9.84 Å². The number of anilines is 1. The van der Waals surface area contributed by atoms with Crippen LogP contribution in [0.15, 0.2) is 24.3 Å². The van der Waals surface area contributed by atoms with Crippen LogP contribution in [0.1, 0.15) is 19.8 Å². The molecule has 1 aromatic rings. The Kier molecular flexibility index (Phi) is 5.41. The maximum absolute atomic E-state index is 12.8. The van der Waals surface area contributed by atoms with E-state index in [-0.39, 0.29) is 17.3 Å². The topological polar surface area (TPSA) is 46.2 Å². The number of unbranched alkanes of at least 4 members (excludes halogenated alkanes) is 1. The molecule has 0 amide bonds. The fraction of sp³-hybridized carbons (Fsp3) is 0.500. The Labute approximate surface area is 102 Å². The van der Waals surface area contributed by atoms with Crippen LogP contribution in [0.25, 0.3) is 0 Å². The summed E-state index contributed by atoms with van der Waals surface area (Å²) < 4.78 is 35.9. The van der Waals surface area contributed by atoms with Gasteiger partial charge in [0.1, 0.15) is 5.82 Å². The van der Waals surface area contributed by atoms with Crippen molar-refractivity contribution in [3.8, 4) is 0 Å². The zero-order chi connectivity index (χ0) is 12.7. The Morgan fingerprint density at radius 3 is 2.71 bits per heavy atom. The van der Waals surface area contributed by atoms with Gasteiger partial charge in [-0.05, 0) is 24.6 Å². The summed E-state index contributed by atoms with van der Waals surface area (Å²) >= 11 is 0. The van der Waals surface area contributed by atoms with Crippen molar-refractivity contribution in [2.45, 2.75) is 19.8 Å². The molecule has 0 spiro atoms. The number of rotatable bonds is 7. The van der Waals surface area contributed by atoms with Crippen molar-refractivity contribution in [3.05, 3.63) is 30.1 Å². The molecule has 17 heavy (non-hydrogen) atoms. The molecular weight excluding hydrogens is 241 g/mol. The minimum atomic E-state index is -2.98. The first-order chi connectivity index (χ1) is 8.03. The van der Waals surface area contributed by atoms with Crippen molar-refractivity contribution in [2.75, 3.05) is 23.4 Å². The van der Waals surface area contributed by atoms with Crippen molar-refractivity contribution in [1.29, 1.82) is 0 Å². The number of hydrogen-bond acceptors (Lipinski definition) is 3. The predicted octanol–water partition coefficient (Wildman–Crippen LogP) is 2.45. The molecule has 0 saturated carbocycles. The van der Waals surface area contributed by atoms with Gasteiger partial charge in [0.25, 0.3) is 0 Å². The van der Waals surface area contributed by atoms with Gasteiger partial charge in [-0.3, -0.25) is 0 Å². The third-order valence-corrected chi connectivity index (χ3v) is 4.11. The number of benzene rings is 1. The molecule has 1 aromatic carbocycles. The molecule has 96 valence electrons. The summed E-state index contributed by atoms with van der Waals surface area (Å²) in [4.78, 5) is 0. The van der Waals surface area contributed by atoms with E-state index in [2.05, 4.69) is 5.32 Å². The second kappa shape index (κ2) is 6.59. The van der Waals surface area contributed by atoms with Crippen LogP contribution in [-0.4, -0.2) is 26.5 Å². The summed E-state index contributed by atoms with van der Waals surface area (Å²) in [6, 6.07) is 5.99. The summed E-state index contributed by atoms with van der Waals surface area (Å²) in [5.74, 6) is -0.0125. The predicted molar refractivity (Wildman–Crippen MR) is 68.5 cm³/mol. The second-order valence-corrected chi connectivity index (χ2v) is 6.25. The van der Waals surface area contributed by atoms with E-state index >= 15 is 0 Å². The second-order valence-electron chi connectivity index (χ2n) is 3.94. The molecule has 0 unspecified atom stereocenters. The molecule has 0 saturated heterocycles. The van der Waals surface area contributed by atoms with Crippen molar-refractivity contribution in [2.24, 2.45) is 0 Å². The fourth-order valence-electron chi connectivity index (χ4n) is 1.42. The van der Waals surface area contributed by atoms with Crippen LogP contribution in [0, 0.1) is 5.82 Å². The minimum Gasteiger partial charge on any atom is -0.384 e. The van der Waals surface area contributed by atoms with Crippen molar-refractivity contribution in [1.82, 2.24) is 0 Å². The zero-order valence-electron chi connectivity index (χ0n) is 9.95. The van der Waals surface area contributed by atoms with Crippen molar-refractivity contribution in [3.63, 3.8) is 0 Å². The highest BCUT2D eigenvalue weighted by Crippen LogP contribution is 2.08. The van der Waals surface area contributed by atoms with Crippen LogP contribution in [0.3, 0.4) is 0 Å². The van der Waals surface area contributed by atoms with Gasteiger partial charge < -0.3 is 5.32 Å². The maximum atomic E-state index is 12.8. The molecule has 1 rings (SSSR count). The highest BCUT2D eigenvalue weighted by Gasteiger charge is 2.09. The summed E-state index contributed by atoms with van der Waals surface area (Å²) in [6.07, 6.45) is 1.57. The summed E-state index contributed by atoms with van der Waals surface area (Å²) in [6.45, 7) is 2.27. The van der Waals surface area contributed by atoms with E-state index in [0.717, 1.165) is 6.42 Å². The van der Waals surface area contributed by atoms with E-state index in [1.807, 2.05) is 6.92 Å². The normalized spacial score (nSPS) is 11.4. The Morgan fingerprint density at radius 1 is 1.29 bits per heavy atom. The lowest BCUT2D eigenvalue weighted by molar-refractivity contribution is 0.593. The first-order valence-corrected chi connectivity index (χ1v) is 7.55. The van der Waals surface area contributed by atoms with Crippen LogP contribution in [0.2, 0.25) is 0 Å². The number of nitrogens with one attached hydrogen (secondary N) is 1. The van der Waals surface area contributed by atoms with Gasteiger partial charge in [-0.2, -0.15) is 0 Å². The van der Waals surface area contributed by atoms with Gasteiger partial charge >= 0.3 is 0 Å². The molecule has 0 radical (unpaired) electrons. The van der Waals surface area contributed by atoms with Gasteiger partial charge in [-0.1, -0.05) is 19.4 Å². The third-order valence-electron chi connectivity index (χ3n) is 2.38. The molecule has 0 bridgehead atoms. The number of sulfone groups is 1. The molecule has 0 fully saturated rings. The van der Waals surface area contributed by atoms with E-state index in [0.29, 0.717) is 18.7 Å². The molecule has 3 nitrogen and oxygen atoms in total. The lowest BCUT2D eigenvalue weighted by Crippen LogP contribution is -2.18. The van der Waals surface area contributed by atoms with Crippen molar-refractivity contribution >= 4 is 15.5 Å². The van der Waals surface area contributed by atoms with E-state index < -0.39 is 9.84 Å². The third kappa shape index (κ3) is 5.68. The summed E-state index contributed by atoms with van der Waals surface area (Å²) in [5, 5.41) is 2.90. The average Bonchev–Trinajstić information content (AvgIpc) is 2.26. The Morgan fingerprint density at radius 2 is 2.06 bits per heavy atom. The van der Waals surface area contributed by atoms with Crippen LogP contribution in [-0.2, 0) is 9.84 Å². The summed E-state index contributed by atoms with van der Waals surface area (Å²) in [7, 11) is -2.98. The van der Waals surface area contributed by atoms with Crippen LogP contribution in [0.5, 0.6) is 0 Å². The molecule has 5 heteroatoms. The SMILES string of the molecule is CCCCS(=O)(=O)CCNc1cccc(F)c1. The lowest BCUT2D eigenvalue weighted by Gasteiger charge is -2.07. The number of hydrogen-bond donors (Lipinski definition) is 1. The van der Waals surface area contributed by atoms with E-state index in [1.54, 1.807) is 12.1 Å². The quantitative estimate of drug-likeness (QED) is 0.818. The Balaban J connectivity index is 2.37. The van der Waals surface area contributed by atoms with Crippen molar-refractivity contribution < 1.29 is 12.8 Å². The molecular formula is C12H18FNO2S. The van der Waals surface area contributed by atoms with Crippen LogP contribution >= 0.6 is 0 Å². The molecule has 1 N–H and O–H groups in total. The van der Waals surface area contributed by atoms with Gasteiger partial charge in [0.2, 0.25) is 0 Å². The molecule has 0 atom stereocenters. The molecule has 0 aliphatic rings. The largest absolute Gasteiger partial charge is 0.384 e. The van der Waals surface area contributed by atoms with Gasteiger partial charge in [0, 0.05) is 12.2 Å². The van der Waals surface area contributed by atoms with E-state index in [1.165, 1.54) is 12.1 Å². The first-order valence-electron chi connectivity index (χ1n) is 5.73. The van der Waals surface area contributed by atoms with Gasteiger partial charge in [-0.15, -0.1) is 0 Å². The monoisotopic (exact) mass is 259 g/mol. The van der Waals surface area contributed by atoms with Crippen LogP contribution < -0.4 is 5.32 Å². The smallest absolute Gasteiger partial charge is 0.152 e. The Bertz CT molecular complexity index is 446. The van der Waals surface area contributed by atoms with E-state index in [9.17, 15) is 12.8 Å². The zero-order valence-corrected chi connectivity index (χ0v) is 10.8. The maximum Gasteiger partial charge on any atom is 0.152 e. The highest BCUT2D eigenvalue weighted by molar-refractivity contribution is 7.91. The van der Waals surface area contributed by atoms with E-state index in [4.69, 9.17) is 0 Å². The summed E-state index contributed by atoms with van der Waals surface area (Å²) in [5.41, 5.74) is 0.607. The van der Waals surface area contributed by atoms with Crippen LogP contribution in [0.4, 0.5) is 10.1 Å².